The summed E-state index contributed by atoms with van der Waals surface area (Å²) in [5.41, 5.74) is 0.630. The molecule has 1 saturated heterocycles. The highest BCUT2D eigenvalue weighted by atomic mass is 16.1. The lowest BCUT2D eigenvalue weighted by atomic mass is 10.2. The lowest BCUT2D eigenvalue weighted by Gasteiger charge is -2.39. The second-order valence-electron chi connectivity index (χ2n) is 4.37. The van der Waals surface area contributed by atoms with Crippen LogP contribution < -0.4 is 4.90 Å². The van der Waals surface area contributed by atoms with Crippen molar-refractivity contribution in [1.82, 2.24) is 9.88 Å². The minimum absolute atomic E-state index is 0.466. The van der Waals surface area contributed by atoms with Gasteiger partial charge in [-0.25, -0.2) is 4.98 Å². The van der Waals surface area contributed by atoms with Gasteiger partial charge in [0.2, 0.25) is 0 Å². The average molecular weight is 219 g/mol. The molecule has 1 aromatic rings. The summed E-state index contributed by atoms with van der Waals surface area (Å²) in [5.74, 6) is 0.964. The highest BCUT2D eigenvalue weighted by molar-refractivity contribution is 5.74. The number of nitrogens with zero attached hydrogens (tertiary/aromatic N) is 3. The molecule has 1 aromatic heterocycles. The summed E-state index contributed by atoms with van der Waals surface area (Å²) in [6.45, 7) is 5.30. The third-order valence-corrected chi connectivity index (χ3v) is 3.03. The average Bonchev–Trinajstić information content (AvgIpc) is 2.29. The number of piperazine rings is 1. The van der Waals surface area contributed by atoms with Crippen LogP contribution in [0, 0.1) is 0 Å². The number of carbonyl (C=O) groups excluding carboxylic acids is 1. The SMILES string of the molecule is CC1CN(C)CCN1c1ccc(C=O)cn1. The predicted molar refractivity (Wildman–Crippen MR) is 63.9 cm³/mol. The molecular formula is C12H17N3O. The van der Waals surface area contributed by atoms with E-state index >= 15 is 0 Å². The molecule has 2 heterocycles. The standard InChI is InChI=1S/C12H17N3O/c1-10-8-14(2)5-6-15(10)12-4-3-11(9-16)7-13-12/h3-4,7,9-10H,5-6,8H2,1-2H3. The maximum atomic E-state index is 10.5. The summed E-state index contributed by atoms with van der Waals surface area (Å²) >= 11 is 0. The Balaban J connectivity index is 2.14. The Morgan fingerprint density at radius 3 is 2.81 bits per heavy atom. The molecule has 1 atom stereocenters. The summed E-state index contributed by atoms with van der Waals surface area (Å²) < 4.78 is 0. The first-order chi connectivity index (χ1) is 7.70. The summed E-state index contributed by atoms with van der Waals surface area (Å²) in [4.78, 5) is 19.5. The molecule has 0 N–H and O–H groups in total. The van der Waals surface area contributed by atoms with E-state index < -0.39 is 0 Å². The lowest BCUT2D eigenvalue weighted by Crippen LogP contribution is -2.50. The molecule has 0 amide bonds. The van der Waals surface area contributed by atoms with E-state index in [4.69, 9.17) is 0 Å². The second-order valence-corrected chi connectivity index (χ2v) is 4.37. The maximum absolute atomic E-state index is 10.5. The van der Waals surface area contributed by atoms with Crippen molar-refractivity contribution >= 4 is 12.1 Å². The van der Waals surface area contributed by atoms with Crippen LogP contribution in [-0.2, 0) is 0 Å². The molecule has 1 unspecified atom stereocenters. The van der Waals surface area contributed by atoms with Crippen LogP contribution in [0.5, 0.6) is 0 Å². The van der Waals surface area contributed by atoms with Gasteiger partial charge < -0.3 is 9.80 Å². The number of hydrogen-bond donors (Lipinski definition) is 0. The molecule has 1 fully saturated rings. The number of aromatic nitrogens is 1. The van der Waals surface area contributed by atoms with Crippen molar-refractivity contribution in [2.75, 3.05) is 31.6 Å². The van der Waals surface area contributed by atoms with E-state index in [1.54, 1.807) is 6.20 Å². The Morgan fingerprint density at radius 2 is 2.25 bits per heavy atom. The van der Waals surface area contributed by atoms with E-state index in [1.807, 2.05) is 12.1 Å². The Kier molecular flexibility index (Phi) is 3.19. The molecule has 4 nitrogen and oxygen atoms in total. The van der Waals surface area contributed by atoms with Crippen molar-refractivity contribution in [2.24, 2.45) is 0 Å². The summed E-state index contributed by atoms with van der Waals surface area (Å²) in [6, 6.07) is 4.21. The van der Waals surface area contributed by atoms with Crippen LogP contribution >= 0.6 is 0 Å². The first-order valence-electron chi connectivity index (χ1n) is 5.57. The van der Waals surface area contributed by atoms with Gasteiger partial charge in [-0.05, 0) is 26.1 Å². The molecule has 16 heavy (non-hydrogen) atoms. The molecule has 4 heteroatoms. The zero-order valence-electron chi connectivity index (χ0n) is 9.76. The predicted octanol–water partition coefficient (Wildman–Crippen LogP) is 1.03. The normalized spacial score (nSPS) is 22.1. The quantitative estimate of drug-likeness (QED) is 0.696. The fraction of sp³-hybridized carbons (Fsp3) is 0.500. The van der Waals surface area contributed by atoms with E-state index in [1.165, 1.54) is 0 Å². The van der Waals surface area contributed by atoms with Crippen molar-refractivity contribution in [3.05, 3.63) is 23.9 Å². The minimum atomic E-state index is 0.466. The van der Waals surface area contributed by atoms with Crippen LogP contribution in [0.15, 0.2) is 18.3 Å². The third-order valence-electron chi connectivity index (χ3n) is 3.03. The van der Waals surface area contributed by atoms with Crippen LogP contribution in [0.2, 0.25) is 0 Å². The number of rotatable bonds is 2. The van der Waals surface area contributed by atoms with Gasteiger partial charge in [-0.3, -0.25) is 4.79 Å². The van der Waals surface area contributed by atoms with E-state index in [2.05, 4.69) is 28.8 Å². The molecule has 2 rings (SSSR count). The zero-order valence-corrected chi connectivity index (χ0v) is 9.76. The van der Waals surface area contributed by atoms with Crippen LogP contribution in [0.4, 0.5) is 5.82 Å². The summed E-state index contributed by atoms with van der Waals surface area (Å²) in [6.07, 6.45) is 2.46. The van der Waals surface area contributed by atoms with Gasteiger partial charge in [-0.15, -0.1) is 0 Å². The van der Waals surface area contributed by atoms with Gasteiger partial charge in [0.25, 0.3) is 0 Å². The first kappa shape index (κ1) is 11.1. The van der Waals surface area contributed by atoms with E-state index in [-0.39, 0.29) is 0 Å². The van der Waals surface area contributed by atoms with Gasteiger partial charge in [0.1, 0.15) is 5.82 Å². The fourth-order valence-electron chi connectivity index (χ4n) is 2.12. The minimum Gasteiger partial charge on any atom is -0.351 e. The highest BCUT2D eigenvalue weighted by Crippen LogP contribution is 2.17. The molecule has 86 valence electrons. The summed E-state index contributed by atoms with van der Waals surface area (Å²) in [7, 11) is 2.14. The van der Waals surface area contributed by atoms with Crippen molar-refractivity contribution in [3.8, 4) is 0 Å². The first-order valence-corrected chi connectivity index (χ1v) is 5.57. The van der Waals surface area contributed by atoms with Gasteiger partial charge in [-0.1, -0.05) is 0 Å². The van der Waals surface area contributed by atoms with Crippen molar-refractivity contribution in [1.29, 1.82) is 0 Å². The third kappa shape index (κ3) is 2.22. The molecule has 0 bridgehead atoms. The van der Waals surface area contributed by atoms with Gasteiger partial charge >= 0.3 is 0 Å². The Hall–Kier alpha value is -1.42. The summed E-state index contributed by atoms with van der Waals surface area (Å²) in [5, 5.41) is 0. The van der Waals surface area contributed by atoms with Crippen molar-refractivity contribution in [3.63, 3.8) is 0 Å². The molecule has 1 aliphatic rings. The number of aldehydes is 1. The smallest absolute Gasteiger partial charge is 0.151 e. The topological polar surface area (TPSA) is 36.4 Å². The second kappa shape index (κ2) is 4.61. The Morgan fingerprint density at radius 1 is 1.44 bits per heavy atom. The van der Waals surface area contributed by atoms with Gasteiger partial charge in [-0.2, -0.15) is 0 Å². The maximum Gasteiger partial charge on any atom is 0.151 e. The van der Waals surface area contributed by atoms with Crippen LogP contribution in [-0.4, -0.2) is 48.9 Å². The zero-order chi connectivity index (χ0) is 11.5. The largest absolute Gasteiger partial charge is 0.351 e. The van der Waals surface area contributed by atoms with Gasteiger partial charge in [0, 0.05) is 37.4 Å². The Bertz CT molecular complexity index is 363. The molecule has 0 spiro atoms. The van der Waals surface area contributed by atoms with Gasteiger partial charge in [0.05, 0.1) is 0 Å². The molecule has 1 aliphatic heterocycles. The van der Waals surface area contributed by atoms with Crippen molar-refractivity contribution < 1.29 is 4.79 Å². The van der Waals surface area contributed by atoms with Gasteiger partial charge in [0.15, 0.2) is 6.29 Å². The monoisotopic (exact) mass is 219 g/mol. The lowest BCUT2D eigenvalue weighted by molar-refractivity contribution is 0.112. The molecule has 0 radical (unpaired) electrons. The fourth-order valence-corrected chi connectivity index (χ4v) is 2.12. The Labute approximate surface area is 95.9 Å². The van der Waals surface area contributed by atoms with Crippen LogP contribution in [0.25, 0.3) is 0 Å². The number of pyridine rings is 1. The van der Waals surface area contributed by atoms with Crippen molar-refractivity contribution in [2.45, 2.75) is 13.0 Å². The highest BCUT2D eigenvalue weighted by Gasteiger charge is 2.22. The molecule has 0 aliphatic carbocycles. The van der Waals surface area contributed by atoms with E-state index in [0.29, 0.717) is 11.6 Å². The van der Waals surface area contributed by atoms with E-state index in [9.17, 15) is 4.79 Å². The van der Waals surface area contributed by atoms with Crippen LogP contribution in [0.3, 0.4) is 0 Å². The number of carbonyl (C=O) groups is 1. The number of hydrogen-bond acceptors (Lipinski definition) is 4. The molecular weight excluding hydrogens is 202 g/mol. The van der Waals surface area contributed by atoms with Crippen LogP contribution in [0.1, 0.15) is 17.3 Å². The number of likely N-dealkylation sites (N-methyl/N-ethyl adjacent to an activating group) is 1. The van der Waals surface area contributed by atoms with E-state index in [0.717, 1.165) is 31.7 Å². The molecule has 0 saturated carbocycles. The molecule has 0 aromatic carbocycles. The number of anilines is 1.